The first kappa shape index (κ1) is 12.7. The number of rotatable bonds is 4. The van der Waals surface area contributed by atoms with Gasteiger partial charge in [0.05, 0.1) is 5.25 Å². The highest BCUT2D eigenvalue weighted by Crippen LogP contribution is 2.11. The van der Waals surface area contributed by atoms with Crippen molar-refractivity contribution in [1.82, 2.24) is 0 Å². The van der Waals surface area contributed by atoms with E-state index < -0.39 is 0 Å². The van der Waals surface area contributed by atoms with Gasteiger partial charge < -0.3 is 5.32 Å². The van der Waals surface area contributed by atoms with Gasteiger partial charge in [0.2, 0.25) is 5.91 Å². The van der Waals surface area contributed by atoms with Gasteiger partial charge in [-0.15, -0.1) is 0 Å². The van der Waals surface area contributed by atoms with Crippen LogP contribution in [0.1, 0.15) is 5.56 Å². The Hall–Kier alpha value is -1.74. The van der Waals surface area contributed by atoms with Crippen LogP contribution in [0.15, 0.2) is 60.7 Å². The van der Waals surface area contributed by atoms with E-state index in [-0.39, 0.29) is 11.2 Å². The Kier molecular flexibility index (Phi) is 4.42. The van der Waals surface area contributed by atoms with E-state index in [2.05, 4.69) is 17.9 Å². The van der Waals surface area contributed by atoms with Gasteiger partial charge in [0.1, 0.15) is 0 Å². The molecule has 0 aliphatic rings. The van der Waals surface area contributed by atoms with Crippen LogP contribution in [0.2, 0.25) is 0 Å². The molecule has 0 bridgehead atoms. The summed E-state index contributed by atoms with van der Waals surface area (Å²) in [6.45, 7) is 0. The zero-order valence-electron chi connectivity index (χ0n) is 9.91. The van der Waals surface area contributed by atoms with Gasteiger partial charge in [-0.1, -0.05) is 48.5 Å². The van der Waals surface area contributed by atoms with Crippen LogP contribution in [0.5, 0.6) is 0 Å². The highest BCUT2D eigenvalue weighted by Gasteiger charge is 2.14. The first-order valence-electron chi connectivity index (χ1n) is 5.83. The topological polar surface area (TPSA) is 29.1 Å². The Bertz CT molecular complexity index is 498. The molecule has 0 radical (unpaired) electrons. The zero-order valence-corrected chi connectivity index (χ0v) is 10.8. The molecule has 2 aromatic carbocycles. The summed E-state index contributed by atoms with van der Waals surface area (Å²) in [7, 11) is 0. The fourth-order valence-corrected chi connectivity index (χ4v) is 1.95. The van der Waals surface area contributed by atoms with Gasteiger partial charge in [0.15, 0.2) is 0 Å². The third kappa shape index (κ3) is 3.64. The average molecular weight is 257 g/mol. The number of nitrogens with one attached hydrogen (secondary N) is 1. The molecule has 1 atom stereocenters. The van der Waals surface area contributed by atoms with E-state index in [0.29, 0.717) is 6.42 Å². The lowest BCUT2D eigenvalue weighted by molar-refractivity contribution is -0.115. The first-order valence-corrected chi connectivity index (χ1v) is 6.35. The highest BCUT2D eigenvalue weighted by molar-refractivity contribution is 7.81. The monoisotopic (exact) mass is 257 g/mol. The van der Waals surface area contributed by atoms with Gasteiger partial charge in [-0.25, -0.2) is 0 Å². The van der Waals surface area contributed by atoms with E-state index in [1.165, 1.54) is 0 Å². The lowest BCUT2D eigenvalue weighted by Crippen LogP contribution is -2.25. The van der Waals surface area contributed by atoms with Crippen LogP contribution in [0.25, 0.3) is 0 Å². The van der Waals surface area contributed by atoms with Gasteiger partial charge in [-0.3, -0.25) is 4.79 Å². The number of anilines is 1. The molecule has 18 heavy (non-hydrogen) atoms. The molecule has 0 heterocycles. The number of amides is 1. The van der Waals surface area contributed by atoms with Crippen LogP contribution in [0, 0.1) is 0 Å². The zero-order chi connectivity index (χ0) is 12.8. The molecule has 2 rings (SSSR count). The van der Waals surface area contributed by atoms with Crippen molar-refractivity contribution in [2.75, 3.05) is 5.32 Å². The molecule has 0 aromatic heterocycles. The maximum atomic E-state index is 11.9. The molecule has 0 fully saturated rings. The SMILES string of the molecule is O=C(Nc1ccccc1)C(S)Cc1ccccc1. The van der Waals surface area contributed by atoms with Crippen molar-refractivity contribution in [3.05, 3.63) is 66.2 Å². The number of para-hydroxylation sites is 1. The summed E-state index contributed by atoms with van der Waals surface area (Å²) in [4.78, 5) is 11.9. The van der Waals surface area contributed by atoms with Crippen LogP contribution in [0.3, 0.4) is 0 Å². The average Bonchev–Trinajstić information content (AvgIpc) is 2.41. The third-order valence-corrected chi connectivity index (χ3v) is 3.03. The number of carbonyl (C=O) groups is 1. The number of hydrogen-bond acceptors (Lipinski definition) is 2. The van der Waals surface area contributed by atoms with Crippen LogP contribution in [0.4, 0.5) is 5.69 Å². The van der Waals surface area contributed by atoms with Crippen LogP contribution in [-0.2, 0) is 11.2 Å². The second kappa shape index (κ2) is 6.26. The summed E-state index contributed by atoms with van der Waals surface area (Å²) in [6, 6.07) is 19.3. The Morgan fingerprint density at radius 3 is 2.17 bits per heavy atom. The van der Waals surface area contributed by atoms with Crippen molar-refractivity contribution in [3.63, 3.8) is 0 Å². The lowest BCUT2D eigenvalue weighted by atomic mass is 10.1. The van der Waals surface area contributed by atoms with E-state index >= 15 is 0 Å². The molecule has 0 aliphatic carbocycles. The number of carbonyl (C=O) groups excluding carboxylic acids is 1. The van der Waals surface area contributed by atoms with Crippen LogP contribution >= 0.6 is 12.6 Å². The summed E-state index contributed by atoms with van der Waals surface area (Å²) in [5.41, 5.74) is 1.91. The second-order valence-electron chi connectivity index (χ2n) is 4.06. The molecule has 3 heteroatoms. The minimum Gasteiger partial charge on any atom is -0.325 e. The molecule has 1 N–H and O–H groups in total. The smallest absolute Gasteiger partial charge is 0.237 e. The largest absolute Gasteiger partial charge is 0.325 e. The van der Waals surface area contributed by atoms with Gasteiger partial charge in [-0.2, -0.15) is 12.6 Å². The third-order valence-electron chi connectivity index (χ3n) is 2.62. The van der Waals surface area contributed by atoms with Gasteiger partial charge in [0.25, 0.3) is 0 Å². The second-order valence-corrected chi connectivity index (χ2v) is 4.68. The quantitative estimate of drug-likeness (QED) is 0.809. The summed E-state index contributed by atoms with van der Waals surface area (Å²) in [5, 5.41) is 2.51. The van der Waals surface area contributed by atoms with Crippen molar-refractivity contribution < 1.29 is 4.79 Å². The minimum atomic E-state index is -0.340. The lowest BCUT2D eigenvalue weighted by Gasteiger charge is -2.11. The maximum Gasteiger partial charge on any atom is 0.237 e. The Morgan fingerprint density at radius 2 is 1.56 bits per heavy atom. The van der Waals surface area contributed by atoms with Crippen LogP contribution in [-0.4, -0.2) is 11.2 Å². The summed E-state index contributed by atoms with van der Waals surface area (Å²) in [5.74, 6) is -0.0756. The van der Waals surface area contributed by atoms with E-state index in [0.717, 1.165) is 11.3 Å². The number of thiol groups is 1. The predicted octanol–water partition coefficient (Wildman–Crippen LogP) is 3.17. The van der Waals surface area contributed by atoms with Crippen LogP contribution < -0.4 is 5.32 Å². The molecule has 92 valence electrons. The molecule has 2 aromatic rings. The molecule has 0 saturated carbocycles. The molecule has 0 saturated heterocycles. The van der Waals surface area contributed by atoms with E-state index in [9.17, 15) is 4.79 Å². The molecule has 2 nitrogen and oxygen atoms in total. The number of benzene rings is 2. The Balaban J connectivity index is 1.93. The van der Waals surface area contributed by atoms with Crippen molar-refractivity contribution >= 4 is 24.2 Å². The molecule has 0 spiro atoms. The summed E-state index contributed by atoms with van der Waals surface area (Å²) < 4.78 is 0. The molecule has 1 unspecified atom stereocenters. The van der Waals surface area contributed by atoms with E-state index in [4.69, 9.17) is 0 Å². The van der Waals surface area contributed by atoms with Crippen molar-refractivity contribution in [3.8, 4) is 0 Å². The predicted molar refractivity (Wildman–Crippen MR) is 78.0 cm³/mol. The molecule has 1 amide bonds. The normalized spacial score (nSPS) is 11.8. The minimum absolute atomic E-state index is 0.0756. The standard InChI is InChI=1S/C15H15NOS/c17-15(16-13-9-5-2-6-10-13)14(18)11-12-7-3-1-4-8-12/h1-10,14,18H,11H2,(H,16,17). The summed E-state index contributed by atoms with van der Waals surface area (Å²) >= 11 is 4.35. The fraction of sp³-hybridized carbons (Fsp3) is 0.133. The van der Waals surface area contributed by atoms with E-state index in [1.807, 2.05) is 60.7 Å². The molecule has 0 aliphatic heterocycles. The Morgan fingerprint density at radius 1 is 1.00 bits per heavy atom. The number of hydrogen-bond donors (Lipinski definition) is 2. The van der Waals surface area contributed by atoms with Crippen molar-refractivity contribution in [2.24, 2.45) is 0 Å². The summed E-state index contributed by atoms with van der Waals surface area (Å²) in [6.07, 6.45) is 0.628. The molecular formula is C15H15NOS. The molecular weight excluding hydrogens is 242 g/mol. The maximum absolute atomic E-state index is 11.9. The van der Waals surface area contributed by atoms with Gasteiger partial charge in [-0.05, 0) is 24.1 Å². The Labute approximate surface area is 112 Å². The first-order chi connectivity index (χ1) is 8.75. The van der Waals surface area contributed by atoms with E-state index in [1.54, 1.807) is 0 Å². The van der Waals surface area contributed by atoms with Crippen molar-refractivity contribution in [2.45, 2.75) is 11.7 Å². The fourth-order valence-electron chi connectivity index (χ4n) is 1.68. The van der Waals surface area contributed by atoms with Crippen molar-refractivity contribution in [1.29, 1.82) is 0 Å². The van der Waals surface area contributed by atoms with Gasteiger partial charge >= 0.3 is 0 Å². The highest BCUT2D eigenvalue weighted by atomic mass is 32.1. The van der Waals surface area contributed by atoms with Gasteiger partial charge in [0, 0.05) is 5.69 Å².